The molecule has 1 saturated carbocycles. The molecule has 1 aromatic carbocycles. The summed E-state index contributed by atoms with van der Waals surface area (Å²) in [5, 5.41) is 3.30. The maximum Gasteiger partial charge on any atom is 0.125 e. The number of halogens is 1. The van der Waals surface area contributed by atoms with Crippen molar-refractivity contribution in [3.8, 4) is 5.75 Å². The van der Waals surface area contributed by atoms with E-state index in [0.717, 1.165) is 16.1 Å². The number of benzene rings is 1. The van der Waals surface area contributed by atoms with Gasteiger partial charge in [-0.25, -0.2) is 0 Å². The van der Waals surface area contributed by atoms with Crippen molar-refractivity contribution in [1.29, 1.82) is 0 Å². The molecule has 1 aliphatic rings. The van der Waals surface area contributed by atoms with Gasteiger partial charge in [0.15, 0.2) is 0 Å². The Labute approximate surface area is 131 Å². The van der Waals surface area contributed by atoms with Crippen molar-refractivity contribution in [2.75, 3.05) is 7.05 Å². The van der Waals surface area contributed by atoms with E-state index in [2.05, 4.69) is 53.3 Å². The lowest BCUT2D eigenvalue weighted by Crippen LogP contribution is -2.25. The Hall–Kier alpha value is -0.540. The Morgan fingerprint density at radius 1 is 1.30 bits per heavy atom. The highest BCUT2D eigenvalue weighted by Crippen LogP contribution is 2.33. The van der Waals surface area contributed by atoms with Gasteiger partial charge in [0.25, 0.3) is 0 Å². The van der Waals surface area contributed by atoms with E-state index in [1.165, 1.54) is 37.7 Å². The van der Waals surface area contributed by atoms with Gasteiger partial charge in [-0.1, -0.05) is 35.3 Å². The third-order valence-corrected chi connectivity index (χ3v) is 5.03. The fourth-order valence-corrected chi connectivity index (χ4v) is 3.30. The second kappa shape index (κ2) is 7.46. The zero-order valence-corrected chi connectivity index (χ0v) is 14.4. The van der Waals surface area contributed by atoms with Crippen LogP contribution in [0.5, 0.6) is 5.75 Å². The van der Waals surface area contributed by atoms with E-state index in [1.807, 2.05) is 7.05 Å². The summed E-state index contributed by atoms with van der Waals surface area (Å²) < 4.78 is 7.40. The molecule has 20 heavy (non-hydrogen) atoms. The van der Waals surface area contributed by atoms with Crippen molar-refractivity contribution in [3.05, 3.63) is 28.2 Å². The SMILES string of the molecule is CCC1CCC(Oc2cc(Br)ccc2C(C)NC)CC1. The molecule has 1 unspecified atom stereocenters. The van der Waals surface area contributed by atoms with E-state index in [4.69, 9.17) is 4.74 Å². The van der Waals surface area contributed by atoms with Crippen LogP contribution in [-0.2, 0) is 0 Å². The lowest BCUT2D eigenvalue weighted by molar-refractivity contribution is 0.128. The highest BCUT2D eigenvalue weighted by atomic mass is 79.9. The van der Waals surface area contributed by atoms with Crippen molar-refractivity contribution in [2.45, 2.75) is 58.1 Å². The fraction of sp³-hybridized carbons (Fsp3) is 0.647. The average molecular weight is 340 g/mol. The molecule has 0 aliphatic heterocycles. The molecule has 112 valence electrons. The summed E-state index contributed by atoms with van der Waals surface area (Å²) in [4.78, 5) is 0. The van der Waals surface area contributed by atoms with E-state index in [0.29, 0.717) is 12.1 Å². The summed E-state index contributed by atoms with van der Waals surface area (Å²) in [5.74, 6) is 1.94. The van der Waals surface area contributed by atoms with Crippen molar-refractivity contribution in [3.63, 3.8) is 0 Å². The van der Waals surface area contributed by atoms with Gasteiger partial charge in [0, 0.05) is 16.1 Å². The minimum atomic E-state index is 0.310. The zero-order valence-electron chi connectivity index (χ0n) is 12.8. The van der Waals surface area contributed by atoms with Gasteiger partial charge < -0.3 is 10.1 Å². The molecule has 1 aliphatic carbocycles. The Bertz CT molecular complexity index is 427. The first-order valence-corrected chi connectivity index (χ1v) is 8.56. The Kier molecular flexibility index (Phi) is 5.91. The van der Waals surface area contributed by atoms with Gasteiger partial charge in [0.05, 0.1) is 6.10 Å². The smallest absolute Gasteiger partial charge is 0.125 e. The van der Waals surface area contributed by atoms with E-state index in [-0.39, 0.29) is 0 Å². The van der Waals surface area contributed by atoms with E-state index in [1.54, 1.807) is 0 Å². The number of hydrogen-bond acceptors (Lipinski definition) is 2. The second-order valence-corrected chi connectivity index (χ2v) is 6.78. The topological polar surface area (TPSA) is 21.3 Å². The minimum absolute atomic E-state index is 0.310. The van der Waals surface area contributed by atoms with Gasteiger partial charge >= 0.3 is 0 Å². The molecular weight excluding hydrogens is 314 g/mol. The van der Waals surface area contributed by atoms with Crippen LogP contribution in [0, 0.1) is 5.92 Å². The van der Waals surface area contributed by atoms with Gasteiger partial charge in [-0.2, -0.15) is 0 Å². The molecule has 0 spiro atoms. The molecule has 0 amide bonds. The van der Waals surface area contributed by atoms with Crippen LogP contribution in [0.4, 0.5) is 0 Å². The van der Waals surface area contributed by atoms with Gasteiger partial charge in [-0.15, -0.1) is 0 Å². The molecule has 0 radical (unpaired) electrons. The number of hydrogen-bond donors (Lipinski definition) is 1. The normalized spacial score (nSPS) is 24.4. The molecule has 3 heteroatoms. The summed E-state index contributed by atoms with van der Waals surface area (Å²) in [7, 11) is 1.99. The third kappa shape index (κ3) is 3.98. The Balaban J connectivity index is 2.06. The minimum Gasteiger partial charge on any atom is -0.490 e. The first-order valence-electron chi connectivity index (χ1n) is 7.77. The van der Waals surface area contributed by atoms with Gasteiger partial charge in [0.2, 0.25) is 0 Å². The third-order valence-electron chi connectivity index (χ3n) is 4.54. The number of ether oxygens (including phenoxy) is 1. The van der Waals surface area contributed by atoms with E-state index < -0.39 is 0 Å². The summed E-state index contributed by atoms with van der Waals surface area (Å²) in [6.07, 6.45) is 6.70. The summed E-state index contributed by atoms with van der Waals surface area (Å²) in [5.41, 5.74) is 1.24. The first-order chi connectivity index (χ1) is 9.63. The maximum atomic E-state index is 6.31. The van der Waals surface area contributed by atoms with Crippen LogP contribution in [0.1, 0.15) is 57.6 Å². The van der Waals surface area contributed by atoms with Crippen LogP contribution in [0.2, 0.25) is 0 Å². The quantitative estimate of drug-likeness (QED) is 0.807. The molecule has 1 N–H and O–H groups in total. The lowest BCUT2D eigenvalue weighted by atomic mass is 9.86. The molecule has 2 rings (SSSR count). The van der Waals surface area contributed by atoms with Crippen molar-refractivity contribution in [2.24, 2.45) is 5.92 Å². The summed E-state index contributed by atoms with van der Waals surface area (Å²) in [6.45, 7) is 4.47. The molecule has 1 aromatic rings. The van der Waals surface area contributed by atoms with Gasteiger partial charge in [-0.3, -0.25) is 0 Å². The predicted molar refractivity (Wildman–Crippen MR) is 88.3 cm³/mol. The molecule has 0 bridgehead atoms. The van der Waals surface area contributed by atoms with Crippen LogP contribution in [-0.4, -0.2) is 13.2 Å². The number of rotatable bonds is 5. The molecule has 0 heterocycles. The van der Waals surface area contributed by atoms with Crippen LogP contribution in [0.25, 0.3) is 0 Å². The van der Waals surface area contributed by atoms with Crippen LogP contribution >= 0.6 is 15.9 Å². The highest BCUT2D eigenvalue weighted by Gasteiger charge is 2.22. The van der Waals surface area contributed by atoms with Crippen LogP contribution in [0.15, 0.2) is 22.7 Å². The number of nitrogens with one attached hydrogen (secondary N) is 1. The molecule has 0 saturated heterocycles. The first kappa shape index (κ1) is 15.8. The van der Waals surface area contributed by atoms with Gasteiger partial charge in [0.1, 0.15) is 5.75 Å². The fourth-order valence-electron chi connectivity index (χ4n) is 2.96. The Morgan fingerprint density at radius 3 is 2.60 bits per heavy atom. The van der Waals surface area contributed by atoms with E-state index in [9.17, 15) is 0 Å². The Morgan fingerprint density at radius 2 is 2.00 bits per heavy atom. The zero-order chi connectivity index (χ0) is 14.5. The standard InChI is InChI=1S/C17H26BrNO/c1-4-13-5-8-15(9-6-13)20-17-11-14(18)7-10-16(17)12(2)19-3/h7,10-13,15,19H,4-6,8-9H2,1-3H3. The van der Waals surface area contributed by atoms with Crippen molar-refractivity contribution >= 4 is 15.9 Å². The monoisotopic (exact) mass is 339 g/mol. The molecular formula is C17H26BrNO. The molecule has 0 aromatic heterocycles. The molecule has 1 atom stereocenters. The predicted octanol–water partition coefficient (Wildman–Crippen LogP) is 5.08. The van der Waals surface area contributed by atoms with Crippen LogP contribution < -0.4 is 10.1 Å². The summed E-state index contributed by atoms with van der Waals surface area (Å²) in [6, 6.07) is 6.65. The van der Waals surface area contributed by atoms with Crippen molar-refractivity contribution in [1.82, 2.24) is 5.32 Å². The molecule has 2 nitrogen and oxygen atoms in total. The van der Waals surface area contributed by atoms with E-state index >= 15 is 0 Å². The average Bonchev–Trinajstić information content (AvgIpc) is 2.47. The van der Waals surface area contributed by atoms with Gasteiger partial charge in [-0.05, 0) is 57.7 Å². The van der Waals surface area contributed by atoms with Crippen molar-refractivity contribution < 1.29 is 4.74 Å². The second-order valence-electron chi connectivity index (χ2n) is 5.86. The largest absolute Gasteiger partial charge is 0.490 e. The lowest BCUT2D eigenvalue weighted by Gasteiger charge is -2.29. The maximum absolute atomic E-state index is 6.31. The highest BCUT2D eigenvalue weighted by molar-refractivity contribution is 9.10. The molecule has 1 fully saturated rings. The summed E-state index contributed by atoms with van der Waals surface area (Å²) >= 11 is 3.55. The van der Waals surface area contributed by atoms with Crippen LogP contribution in [0.3, 0.4) is 0 Å².